The molecule has 1 aromatic rings. The number of alkyl halides is 5. The van der Waals surface area contributed by atoms with E-state index >= 15 is 0 Å². The first kappa shape index (κ1) is 15.5. The normalized spacial score (nSPS) is 16.7. The molecule has 1 N–H and O–H groups in total. The van der Waals surface area contributed by atoms with Gasteiger partial charge in [-0.1, -0.05) is 6.92 Å². The van der Waals surface area contributed by atoms with Crippen molar-refractivity contribution >= 4 is 11.6 Å². The molecule has 116 valence electrons. The van der Waals surface area contributed by atoms with E-state index < -0.39 is 35.4 Å². The molecule has 1 amide bonds. The minimum atomic E-state index is -4.87. The molecule has 0 radical (unpaired) electrons. The van der Waals surface area contributed by atoms with Crippen molar-refractivity contribution in [2.75, 3.05) is 5.32 Å². The molecule has 8 heteroatoms. The molecule has 3 nitrogen and oxygen atoms in total. The van der Waals surface area contributed by atoms with Crippen molar-refractivity contribution in [1.29, 1.82) is 0 Å². The number of hydrogen-bond acceptors (Lipinski definition) is 2. The summed E-state index contributed by atoms with van der Waals surface area (Å²) in [5.41, 5.74) is -2.03. The molecule has 0 spiro atoms. The standard InChI is InChI=1S/C13H12F5NO2/c1-12(4-5-12)10(20)19-7-2-3-9(21-11(14)15)8(6-7)13(16,17)18/h2-3,6,11H,4-5H2,1H3,(H,19,20). The lowest BCUT2D eigenvalue weighted by atomic mass is 10.1. The van der Waals surface area contributed by atoms with E-state index in [1.165, 1.54) is 0 Å². The average Bonchev–Trinajstić information content (AvgIpc) is 3.08. The van der Waals surface area contributed by atoms with Crippen LogP contribution in [-0.2, 0) is 11.0 Å². The molecule has 1 aliphatic carbocycles. The van der Waals surface area contributed by atoms with Gasteiger partial charge in [-0.2, -0.15) is 22.0 Å². The zero-order valence-electron chi connectivity index (χ0n) is 10.9. The first-order valence-electron chi connectivity index (χ1n) is 6.09. The van der Waals surface area contributed by atoms with Crippen LogP contribution in [0.2, 0.25) is 0 Å². The number of ether oxygens (including phenoxy) is 1. The number of anilines is 1. The maximum absolute atomic E-state index is 12.8. The zero-order valence-corrected chi connectivity index (χ0v) is 10.9. The second-order valence-corrected chi connectivity index (χ2v) is 5.10. The summed E-state index contributed by atoms with van der Waals surface area (Å²) in [6.45, 7) is -1.67. The minimum Gasteiger partial charge on any atom is -0.434 e. The Morgan fingerprint density at radius 3 is 2.43 bits per heavy atom. The van der Waals surface area contributed by atoms with Crippen LogP contribution in [0.3, 0.4) is 0 Å². The van der Waals surface area contributed by atoms with Crippen molar-refractivity contribution in [3.05, 3.63) is 23.8 Å². The van der Waals surface area contributed by atoms with Crippen LogP contribution in [0, 0.1) is 5.41 Å². The summed E-state index contributed by atoms with van der Waals surface area (Å²) in [7, 11) is 0. The van der Waals surface area contributed by atoms with Crippen LogP contribution in [0.5, 0.6) is 5.75 Å². The number of amides is 1. The van der Waals surface area contributed by atoms with E-state index in [9.17, 15) is 26.7 Å². The third-order valence-corrected chi connectivity index (χ3v) is 3.31. The molecule has 0 atom stereocenters. The maximum atomic E-state index is 12.8. The van der Waals surface area contributed by atoms with Gasteiger partial charge < -0.3 is 10.1 Å². The zero-order chi connectivity index (χ0) is 15.8. The van der Waals surface area contributed by atoms with Crippen LogP contribution in [0.25, 0.3) is 0 Å². The van der Waals surface area contributed by atoms with Gasteiger partial charge in [0.05, 0.1) is 5.56 Å². The van der Waals surface area contributed by atoms with Crippen molar-refractivity contribution in [3.63, 3.8) is 0 Å². The van der Waals surface area contributed by atoms with Gasteiger partial charge in [-0.3, -0.25) is 4.79 Å². The SMILES string of the molecule is CC1(C(=O)Nc2ccc(OC(F)F)c(C(F)(F)F)c2)CC1. The maximum Gasteiger partial charge on any atom is 0.420 e. The molecule has 0 saturated heterocycles. The molecule has 1 fully saturated rings. The smallest absolute Gasteiger partial charge is 0.420 e. The van der Waals surface area contributed by atoms with Crippen molar-refractivity contribution in [3.8, 4) is 5.75 Å². The number of benzene rings is 1. The topological polar surface area (TPSA) is 38.3 Å². The Labute approximate surface area is 117 Å². The summed E-state index contributed by atoms with van der Waals surface area (Å²) in [6, 6.07) is 2.44. The predicted octanol–water partition coefficient (Wildman–Crippen LogP) is 4.05. The Bertz CT molecular complexity index is 552. The van der Waals surface area contributed by atoms with E-state index in [4.69, 9.17) is 0 Å². The van der Waals surface area contributed by atoms with Crippen LogP contribution >= 0.6 is 0 Å². The van der Waals surface area contributed by atoms with E-state index in [-0.39, 0.29) is 5.69 Å². The molecule has 1 saturated carbocycles. The molecule has 21 heavy (non-hydrogen) atoms. The summed E-state index contributed by atoms with van der Waals surface area (Å²) in [5.74, 6) is -1.37. The first-order valence-corrected chi connectivity index (χ1v) is 6.09. The van der Waals surface area contributed by atoms with Crippen molar-refractivity contribution < 1.29 is 31.5 Å². The third kappa shape index (κ3) is 3.62. The van der Waals surface area contributed by atoms with Gasteiger partial charge in [-0.15, -0.1) is 0 Å². The van der Waals surface area contributed by atoms with Gasteiger partial charge in [0.25, 0.3) is 0 Å². The van der Waals surface area contributed by atoms with Gasteiger partial charge in [0, 0.05) is 11.1 Å². The summed E-state index contributed by atoms with van der Waals surface area (Å²) in [6.07, 6.45) is -3.54. The van der Waals surface area contributed by atoms with Gasteiger partial charge in [0.15, 0.2) is 0 Å². The van der Waals surface area contributed by atoms with E-state index in [0.717, 1.165) is 12.1 Å². The fourth-order valence-electron chi connectivity index (χ4n) is 1.72. The Balaban J connectivity index is 2.26. The van der Waals surface area contributed by atoms with Crippen LogP contribution < -0.4 is 10.1 Å². The number of halogens is 5. The number of nitrogens with one attached hydrogen (secondary N) is 1. The molecule has 1 aliphatic rings. The fourth-order valence-corrected chi connectivity index (χ4v) is 1.72. The van der Waals surface area contributed by atoms with E-state index in [0.29, 0.717) is 18.9 Å². The summed E-state index contributed by atoms with van der Waals surface area (Å²) in [4.78, 5) is 11.8. The Hall–Kier alpha value is -1.86. The van der Waals surface area contributed by atoms with Gasteiger partial charge in [-0.25, -0.2) is 0 Å². The molecular weight excluding hydrogens is 297 g/mol. The third-order valence-electron chi connectivity index (χ3n) is 3.31. The largest absolute Gasteiger partial charge is 0.434 e. The second kappa shape index (κ2) is 5.16. The van der Waals surface area contributed by atoms with Crippen molar-refractivity contribution in [1.82, 2.24) is 0 Å². The van der Waals surface area contributed by atoms with E-state index in [2.05, 4.69) is 10.1 Å². The number of carbonyl (C=O) groups is 1. The Morgan fingerprint density at radius 2 is 1.95 bits per heavy atom. The predicted molar refractivity (Wildman–Crippen MR) is 64.0 cm³/mol. The fraction of sp³-hybridized carbons (Fsp3) is 0.462. The number of rotatable bonds is 4. The first-order chi connectivity index (χ1) is 9.62. The van der Waals surface area contributed by atoms with Gasteiger partial charge in [0.2, 0.25) is 5.91 Å². The minimum absolute atomic E-state index is 0.109. The monoisotopic (exact) mass is 309 g/mol. The highest BCUT2D eigenvalue weighted by atomic mass is 19.4. The lowest BCUT2D eigenvalue weighted by molar-refractivity contribution is -0.141. The Morgan fingerprint density at radius 1 is 1.33 bits per heavy atom. The van der Waals surface area contributed by atoms with Crippen molar-refractivity contribution in [2.24, 2.45) is 5.41 Å². The highest BCUT2D eigenvalue weighted by Gasteiger charge is 2.45. The van der Waals surface area contributed by atoms with Crippen molar-refractivity contribution in [2.45, 2.75) is 32.6 Å². The lowest BCUT2D eigenvalue weighted by Crippen LogP contribution is -2.21. The molecule has 2 rings (SSSR count). The van der Waals surface area contributed by atoms with Gasteiger partial charge >= 0.3 is 12.8 Å². The quantitative estimate of drug-likeness (QED) is 0.852. The molecular formula is C13H12F5NO2. The molecule has 0 bridgehead atoms. The molecule has 0 aromatic heterocycles. The van der Waals surface area contributed by atoms with Crippen LogP contribution in [0.4, 0.5) is 27.6 Å². The average molecular weight is 309 g/mol. The highest BCUT2D eigenvalue weighted by Crippen LogP contribution is 2.46. The van der Waals surface area contributed by atoms with Gasteiger partial charge in [0.1, 0.15) is 5.75 Å². The second-order valence-electron chi connectivity index (χ2n) is 5.10. The van der Waals surface area contributed by atoms with E-state index in [1.54, 1.807) is 6.92 Å². The van der Waals surface area contributed by atoms with Crippen LogP contribution in [0.15, 0.2) is 18.2 Å². The van der Waals surface area contributed by atoms with Gasteiger partial charge in [-0.05, 0) is 31.0 Å². The van der Waals surface area contributed by atoms with Crippen LogP contribution in [0.1, 0.15) is 25.3 Å². The summed E-state index contributed by atoms with van der Waals surface area (Å²) < 4.78 is 66.5. The molecule has 1 aromatic carbocycles. The highest BCUT2D eigenvalue weighted by molar-refractivity contribution is 5.97. The van der Waals surface area contributed by atoms with Crippen LogP contribution in [-0.4, -0.2) is 12.5 Å². The molecule has 0 unspecified atom stereocenters. The van der Waals surface area contributed by atoms with E-state index in [1.807, 2.05) is 0 Å². The summed E-state index contributed by atoms with van der Waals surface area (Å²) in [5, 5.41) is 2.36. The summed E-state index contributed by atoms with van der Waals surface area (Å²) >= 11 is 0. The molecule has 0 aliphatic heterocycles. The number of carbonyl (C=O) groups excluding carboxylic acids is 1. The Kier molecular flexibility index (Phi) is 3.81. The number of hydrogen-bond donors (Lipinski definition) is 1. The lowest BCUT2D eigenvalue weighted by Gasteiger charge is -2.16. The molecule has 0 heterocycles.